The Balaban J connectivity index is 1.52. The molecule has 1 fully saturated rings. The molecule has 0 saturated carbocycles. The van der Waals surface area contributed by atoms with E-state index in [2.05, 4.69) is 9.97 Å². The van der Waals surface area contributed by atoms with E-state index in [1.807, 2.05) is 32.0 Å². The summed E-state index contributed by atoms with van der Waals surface area (Å²) in [4.78, 5) is 22.7. The maximum Gasteiger partial charge on any atom is 0.317 e. The first kappa shape index (κ1) is 18.0. The van der Waals surface area contributed by atoms with Crippen LogP contribution in [0.5, 0.6) is 17.5 Å². The Hall–Kier alpha value is -2.83. The van der Waals surface area contributed by atoms with Crippen LogP contribution >= 0.6 is 0 Å². The van der Waals surface area contributed by atoms with Crippen LogP contribution in [-0.2, 0) is 4.79 Å². The van der Waals surface area contributed by atoms with E-state index in [0.717, 1.165) is 17.8 Å². The number of ether oxygens (including phenoxy) is 3. The van der Waals surface area contributed by atoms with Gasteiger partial charge in [0.05, 0.1) is 13.7 Å². The summed E-state index contributed by atoms with van der Waals surface area (Å²) >= 11 is 0. The maximum atomic E-state index is 12.4. The van der Waals surface area contributed by atoms with E-state index in [0.29, 0.717) is 30.6 Å². The van der Waals surface area contributed by atoms with Crippen LogP contribution in [0.2, 0.25) is 0 Å². The number of likely N-dealkylation sites (tertiary alicyclic amines) is 1. The van der Waals surface area contributed by atoms with Gasteiger partial charge in [-0.25, -0.2) is 9.97 Å². The molecule has 0 spiro atoms. The Morgan fingerprint density at radius 1 is 1.19 bits per heavy atom. The number of methoxy groups -OCH3 is 1. The summed E-state index contributed by atoms with van der Waals surface area (Å²) in [6.45, 7) is 4.91. The van der Waals surface area contributed by atoms with Crippen LogP contribution in [0.3, 0.4) is 0 Å². The number of benzene rings is 1. The molecule has 0 N–H and O–H groups in total. The summed E-state index contributed by atoms with van der Waals surface area (Å²) in [5, 5.41) is 0. The zero-order chi connectivity index (χ0) is 18.5. The minimum atomic E-state index is -0.105. The van der Waals surface area contributed by atoms with Gasteiger partial charge in [-0.05, 0) is 32.0 Å². The minimum Gasteiger partial charge on any atom is -0.493 e. The third-order valence-electron chi connectivity index (χ3n) is 4.15. The molecule has 1 aliphatic rings. The Labute approximate surface area is 152 Å². The van der Waals surface area contributed by atoms with Crippen LogP contribution in [0.4, 0.5) is 0 Å². The highest BCUT2D eigenvalue weighted by Crippen LogP contribution is 2.26. The van der Waals surface area contributed by atoms with E-state index < -0.39 is 0 Å². The smallest absolute Gasteiger partial charge is 0.317 e. The van der Waals surface area contributed by atoms with Crippen molar-refractivity contribution in [1.82, 2.24) is 14.9 Å². The number of carbonyl (C=O) groups excluding carboxylic acids is 1. The lowest BCUT2D eigenvalue weighted by Crippen LogP contribution is -2.34. The van der Waals surface area contributed by atoms with Crippen molar-refractivity contribution in [3.05, 3.63) is 41.7 Å². The quantitative estimate of drug-likeness (QED) is 0.789. The van der Waals surface area contributed by atoms with Gasteiger partial charge in [0.15, 0.2) is 18.1 Å². The van der Waals surface area contributed by atoms with Gasteiger partial charge in [0.2, 0.25) is 0 Å². The molecule has 1 amide bonds. The summed E-state index contributed by atoms with van der Waals surface area (Å²) in [5.74, 6) is 1.08. The fourth-order valence-electron chi connectivity index (χ4n) is 2.92. The van der Waals surface area contributed by atoms with E-state index in [-0.39, 0.29) is 18.6 Å². The second kappa shape index (κ2) is 8.03. The first-order chi connectivity index (χ1) is 12.5. The summed E-state index contributed by atoms with van der Waals surface area (Å²) < 4.78 is 16.7. The summed E-state index contributed by atoms with van der Waals surface area (Å²) in [5.41, 5.74) is 1.73. The van der Waals surface area contributed by atoms with Crippen molar-refractivity contribution in [3.8, 4) is 17.5 Å². The largest absolute Gasteiger partial charge is 0.493 e. The number of amides is 1. The van der Waals surface area contributed by atoms with Crippen LogP contribution in [0.1, 0.15) is 17.8 Å². The van der Waals surface area contributed by atoms with Crippen LogP contribution < -0.4 is 14.2 Å². The first-order valence-corrected chi connectivity index (χ1v) is 8.57. The lowest BCUT2D eigenvalue weighted by atomic mass is 10.3. The van der Waals surface area contributed by atoms with Gasteiger partial charge in [0.25, 0.3) is 5.91 Å². The summed E-state index contributed by atoms with van der Waals surface area (Å²) in [6, 6.07) is 9.53. The van der Waals surface area contributed by atoms with E-state index in [4.69, 9.17) is 14.2 Å². The fourth-order valence-corrected chi connectivity index (χ4v) is 2.92. The van der Waals surface area contributed by atoms with Crippen molar-refractivity contribution in [3.63, 3.8) is 0 Å². The van der Waals surface area contributed by atoms with Gasteiger partial charge in [-0.15, -0.1) is 0 Å². The molecule has 138 valence electrons. The van der Waals surface area contributed by atoms with Gasteiger partial charge in [-0.2, -0.15) is 0 Å². The predicted octanol–water partition coefficient (Wildman–Crippen LogP) is 2.16. The maximum absolute atomic E-state index is 12.4. The van der Waals surface area contributed by atoms with E-state index in [9.17, 15) is 4.79 Å². The number of nitrogens with zero attached hydrogens (tertiary/aromatic N) is 3. The Morgan fingerprint density at radius 3 is 2.58 bits per heavy atom. The molecule has 3 rings (SSSR count). The zero-order valence-corrected chi connectivity index (χ0v) is 15.3. The number of rotatable bonds is 6. The fraction of sp³-hybridized carbons (Fsp3) is 0.421. The van der Waals surface area contributed by atoms with Crippen molar-refractivity contribution in [2.24, 2.45) is 0 Å². The van der Waals surface area contributed by atoms with Crippen molar-refractivity contribution in [1.29, 1.82) is 0 Å². The third kappa shape index (κ3) is 4.41. The molecular weight excluding hydrogens is 334 g/mol. The molecule has 7 heteroatoms. The molecule has 1 unspecified atom stereocenters. The van der Waals surface area contributed by atoms with Crippen molar-refractivity contribution in [2.75, 3.05) is 26.8 Å². The van der Waals surface area contributed by atoms with Crippen molar-refractivity contribution >= 4 is 5.91 Å². The molecule has 1 aromatic heterocycles. The molecule has 0 aliphatic carbocycles. The molecule has 1 saturated heterocycles. The van der Waals surface area contributed by atoms with Crippen molar-refractivity contribution < 1.29 is 19.0 Å². The van der Waals surface area contributed by atoms with Gasteiger partial charge in [0, 0.05) is 24.4 Å². The Bertz CT molecular complexity index is 761. The molecule has 2 heterocycles. The average molecular weight is 357 g/mol. The molecule has 0 bridgehead atoms. The van der Waals surface area contributed by atoms with Gasteiger partial charge in [0.1, 0.15) is 6.10 Å². The van der Waals surface area contributed by atoms with Gasteiger partial charge >= 0.3 is 6.01 Å². The monoisotopic (exact) mass is 357 g/mol. The predicted molar refractivity (Wildman–Crippen MR) is 95.6 cm³/mol. The van der Waals surface area contributed by atoms with Gasteiger partial charge in [-0.1, -0.05) is 12.1 Å². The summed E-state index contributed by atoms with van der Waals surface area (Å²) in [6.07, 6.45) is 0.642. The molecular formula is C19H23N3O4. The molecule has 7 nitrogen and oxygen atoms in total. The number of para-hydroxylation sites is 2. The Kier molecular flexibility index (Phi) is 5.55. The van der Waals surface area contributed by atoms with Crippen LogP contribution in [0.15, 0.2) is 30.3 Å². The summed E-state index contributed by atoms with van der Waals surface area (Å²) in [7, 11) is 1.57. The highest BCUT2D eigenvalue weighted by molar-refractivity contribution is 5.78. The number of hydrogen-bond donors (Lipinski definition) is 0. The lowest BCUT2D eigenvalue weighted by molar-refractivity contribution is -0.132. The molecule has 2 aromatic rings. The molecule has 1 aromatic carbocycles. The first-order valence-electron chi connectivity index (χ1n) is 8.57. The number of aryl methyl sites for hydroxylation is 2. The van der Waals surface area contributed by atoms with Gasteiger partial charge < -0.3 is 19.1 Å². The van der Waals surface area contributed by atoms with E-state index in [1.54, 1.807) is 24.1 Å². The van der Waals surface area contributed by atoms with Crippen LogP contribution in [0.25, 0.3) is 0 Å². The van der Waals surface area contributed by atoms with Gasteiger partial charge in [-0.3, -0.25) is 4.79 Å². The number of hydrogen-bond acceptors (Lipinski definition) is 6. The second-order valence-electron chi connectivity index (χ2n) is 6.24. The highest BCUT2D eigenvalue weighted by atomic mass is 16.5. The van der Waals surface area contributed by atoms with Crippen LogP contribution in [0, 0.1) is 13.8 Å². The minimum absolute atomic E-state index is 0.0346. The standard InChI is InChI=1S/C19H23N3O4/c1-13-10-14(2)21-19(20-13)26-15-8-9-22(11-15)18(23)12-25-17-7-5-4-6-16(17)24-3/h4-7,10,15H,8-9,11-12H2,1-3H3. The lowest BCUT2D eigenvalue weighted by Gasteiger charge is -2.17. The normalized spacial score (nSPS) is 16.4. The highest BCUT2D eigenvalue weighted by Gasteiger charge is 2.28. The van der Waals surface area contributed by atoms with E-state index in [1.165, 1.54) is 0 Å². The Morgan fingerprint density at radius 2 is 1.88 bits per heavy atom. The number of carbonyl (C=O) groups is 1. The molecule has 26 heavy (non-hydrogen) atoms. The molecule has 1 atom stereocenters. The average Bonchev–Trinajstić information content (AvgIpc) is 3.07. The SMILES string of the molecule is COc1ccccc1OCC(=O)N1CCC(Oc2nc(C)cc(C)n2)C1. The van der Waals surface area contributed by atoms with E-state index >= 15 is 0 Å². The zero-order valence-electron chi connectivity index (χ0n) is 15.3. The van der Waals surface area contributed by atoms with Crippen LogP contribution in [-0.4, -0.2) is 53.7 Å². The molecule has 0 radical (unpaired) electrons. The van der Waals surface area contributed by atoms with Crippen molar-refractivity contribution in [2.45, 2.75) is 26.4 Å². The molecule has 1 aliphatic heterocycles. The number of aromatic nitrogens is 2. The second-order valence-corrected chi connectivity index (χ2v) is 6.24. The topological polar surface area (TPSA) is 73.8 Å². The third-order valence-corrected chi connectivity index (χ3v) is 4.15.